The van der Waals surface area contributed by atoms with Crippen molar-refractivity contribution in [3.63, 3.8) is 0 Å². The lowest BCUT2D eigenvalue weighted by molar-refractivity contribution is 0.420. The number of nitrogens with one attached hydrogen (secondary N) is 1. The molecule has 0 spiro atoms. The molecule has 1 saturated heterocycles. The number of pyridine rings is 1. The highest BCUT2D eigenvalue weighted by atomic mass is 32.2. The Morgan fingerprint density at radius 1 is 1.50 bits per heavy atom. The molecule has 2 rings (SSSR count). The molecule has 3 N–H and O–H groups in total. The van der Waals surface area contributed by atoms with Gasteiger partial charge in [0.15, 0.2) is 9.84 Å². The third-order valence-electron chi connectivity index (χ3n) is 3.73. The molecule has 2 atom stereocenters. The van der Waals surface area contributed by atoms with Crippen LogP contribution in [0.15, 0.2) is 18.3 Å². The van der Waals surface area contributed by atoms with E-state index in [1.165, 1.54) is 0 Å². The summed E-state index contributed by atoms with van der Waals surface area (Å²) in [5.74, 6) is 7.24. The van der Waals surface area contributed by atoms with Crippen molar-refractivity contribution in [3.8, 4) is 0 Å². The summed E-state index contributed by atoms with van der Waals surface area (Å²) < 4.78 is 23.0. The van der Waals surface area contributed by atoms with Crippen molar-refractivity contribution in [1.82, 2.24) is 10.4 Å². The van der Waals surface area contributed by atoms with Crippen LogP contribution in [0, 0.1) is 5.92 Å². The van der Waals surface area contributed by atoms with Crippen LogP contribution in [0.4, 0.5) is 5.82 Å². The van der Waals surface area contributed by atoms with Gasteiger partial charge in [-0.25, -0.2) is 13.4 Å². The molecule has 2 unspecified atom stereocenters. The fourth-order valence-electron chi connectivity index (χ4n) is 2.56. The van der Waals surface area contributed by atoms with Gasteiger partial charge in [-0.3, -0.25) is 11.3 Å². The van der Waals surface area contributed by atoms with Gasteiger partial charge >= 0.3 is 0 Å². The monoisotopic (exact) mass is 298 g/mol. The van der Waals surface area contributed by atoms with E-state index in [1.54, 1.807) is 6.20 Å². The third kappa shape index (κ3) is 3.68. The minimum atomic E-state index is -2.84. The number of hydrazine groups is 1. The van der Waals surface area contributed by atoms with E-state index in [2.05, 4.69) is 10.4 Å². The molecule has 1 aromatic rings. The Kier molecular flexibility index (Phi) is 4.62. The normalized spacial score (nSPS) is 22.6. The predicted molar refractivity (Wildman–Crippen MR) is 80.0 cm³/mol. The molecular weight excluding hydrogens is 276 g/mol. The molecule has 2 heterocycles. The zero-order valence-electron chi connectivity index (χ0n) is 11.9. The number of hydrogen-bond donors (Lipinski definition) is 2. The molecule has 7 heteroatoms. The predicted octanol–water partition coefficient (Wildman–Crippen LogP) is 0.477. The molecule has 0 radical (unpaired) electrons. The van der Waals surface area contributed by atoms with Gasteiger partial charge in [0.1, 0.15) is 5.82 Å². The summed E-state index contributed by atoms with van der Waals surface area (Å²) in [7, 11) is 1.03. The molecule has 1 aliphatic rings. The minimum Gasteiger partial charge on any atom is -0.363 e. The first-order chi connectivity index (χ1) is 9.41. The Morgan fingerprint density at radius 2 is 2.25 bits per heavy atom. The molecule has 1 fully saturated rings. The molecule has 0 amide bonds. The highest BCUT2D eigenvalue weighted by Gasteiger charge is 2.30. The molecule has 6 nitrogen and oxygen atoms in total. The van der Waals surface area contributed by atoms with Gasteiger partial charge in [-0.15, -0.1) is 0 Å². The van der Waals surface area contributed by atoms with Crippen LogP contribution in [-0.2, 0) is 9.84 Å². The number of rotatable bonds is 5. The zero-order chi connectivity index (χ0) is 14.8. The van der Waals surface area contributed by atoms with Crippen LogP contribution in [0.1, 0.15) is 24.4 Å². The maximum absolute atomic E-state index is 11.5. The second-order valence-electron chi connectivity index (χ2n) is 5.57. The van der Waals surface area contributed by atoms with Gasteiger partial charge in [0.05, 0.1) is 11.5 Å². The van der Waals surface area contributed by atoms with Crippen molar-refractivity contribution < 1.29 is 8.42 Å². The van der Waals surface area contributed by atoms with E-state index in [9.17, 15) is 8.42 Å². The summed E-state index contributed by atoms with van der Waals surface area (Å²) in [6.07, 6.45) is 3.24. The number of anilines is 1. The average molecular weight is 298 g/mol. The Balaban J connectivity index is 2.05. The Labute approximate surface area is 120 Å². The maximum atomic E-state index is 11.5. The number of hydrogen-bond acceptors (Lipinski definition) is 6. The van der Waals surface area contributed by atoms with Gasteiger partial charge in [0, 0.05) is 26.3 Å². The standard InChI is InChI=1S/C13H22N4O2S/c1-17(2)13-4-3-11(8-15-13)12(16-14)7-10-5-6-20(18,19)9-10/h3-4,8,10,12,16H,5-7,9,14H2,1-2H3. The van der Waals surface area contributed by atoms with Crippen LogP contribution in [0.25, 0.3) is 0 Å². The summed E-state index contributed by atoms with van der Waals surface area (Å²) in [5, 5.41) is 0. The van der Waals surface area contributed by atoms with Crippen molar-refractivity contribution in [2.75, 3.05) is 30.5 Å². The largest absolute Gasteiger partial charge is 0.363 e. The van der Waals surface area contributed by atoms with Crippen molar-refractivity contribution in [2.24, 2.45) is 11.8 Å². The van der Waals surface area contributed by atoms with E-state index >= 15 is 0 Å². The molecule has 0 bridgehead atoms. The van der Waals surface area contributed by atoms with Crippen LogP contribution < -0.4 is 16.2 Å². The fourth-order valence-corrected chi connectivity index (χ4v) is 4.44. The van der Waals surface area contributed by atoms with Crippen molar-refractivity contribution in [3.05, 3.63) is 23.9 Å². The van der Waals surface area contributed by atoms with E-state index < -0.39 is 9.84 Å². The van der Waals surface area contributed by atoms with Gasteiger partial charge in [0.25, 0.3) is 0 Å². The molecular formula is C13H22N4O2S. The second kappa shape index (κ2) is 6.07. The molecule has 112 valence electrons. The molecule has 0 saturated carbocycles. The smallest absolute Gasteiger partial charge is 0.150 e. The first-order valence-corrected chi connectivity index (χ1v) is 8.53. The average Bonchev–Trinajstić information content (AvgIpc) is 2.75. The first-order valence-electron chi connectivity index (χ1n) is 6.71. The number of nitrogens with zero attached hydrogens (tertiary/aromatic N) is 2. The lowest BCUT2D eigenvalue weighted by Gasteiger charge is -2.20. The number of aromatic nitrogens is 1. The first kappa shape index (κ1) is 15.2. The van der Waals surface area contributed by atoms with Crippen molar-refractivity contribution in [2.45, 2.75) is 18.9 Å². The van der Waals surface area contributed by atoms with Gasteiger partial charge in [0.2, 0.25) is 0 Å². The highest BCUT2D eigenvalue weighted by Crippen LogP contribution is 2.28. The number of sulfone groups is 1. The summed E-state index contributed by atoms with van der Waals surface area (Å²) in [5.41, 5.74) is 3.76. The maximum Gasteiger partial charge on any atom is 0.150 e. The van der Waals surface area contributed by atoms with Crippen LogP contribution in [0.5, 0.6) is 0 Å². The van der Waals surface area contributed by atoms with E-state index in [0.717, 1.165) is 24.2 Å². The summed E-state index contributed by atoms with van der Waals surface area (Å²) >= 11 is 0. The molecule has 1 aliphatic heterocycles. The van der Waals surface area contributed by atoms with Crippen molar-refractivity contribution in [1.29, 1.82) is 0 Å². The van der Waals surface area contributed by atoms with E-state index in [4.69, 9.17) is 5.84 Å². The lowest BCUT2D eigenvalue weighted by atomic mass is 9.95. The van der Waals surface area contributed by atoms with Crippen molar-refractivity contribution >= 4 is 15.7 Å². The van der Waals surface area contributed by atoms with E-state index in [-0.39, 0.29) is 17.7 Å². The Morgan fingerprint density at radius 3 is 2.70 bits per heavy atom. The summed E-state index contributed by atoms with van der Waals surface area (Å²) in [6, 6.07) is 3.86. The highest BCUT2D eigenvalue weighted by molar-refractivity contribution is 7.91. The van der Waals surface area contributed by atoms with Gasteiger partial charge in [-0.05, 0) is 30.4 Å². The van der Waals surface area contributed by atoms with E-state index in [1.807, 2.05) is 31.1 Å². The second-order valence-corrected chi connectivity index (χ2v) is 7.80. The van der Waals surface area contributed by atoms with E-state index in [0.29, 0.717) is 5.75 Å². The summed E-state index contributed by atoms with van der Waals surface area (Å²) in [6.45, 7) is 0. The molecule has 0 aromatic carbocycles. The Bertz CT molecular complexity index is 542. The summed E-state index contributed by atoms with van der Waals surface area (Å²) in [4.78, 5) is 6.29. The van der Waals surface area contributed by atoms with Crippen LogP contribution >= 0.6 is 0 Å². The van der Waals surface area contributed by atoms with Gasteiger partial charge in [-0.2, -0.15) is 0 Å². The van der Waals surface area contributed by atoms with Gasteiger partial charge in [-0.1, -0.05) is 6.07 Å². The van der Waals surface area contributed by atoms with Crippen LogP contribution in [-0.4, -0.2) is 39.0 Å². The molecule has 1 aromatic heterocycles. The third-order valence-corrected chi connectivity index (χ3v) is 5.57. The SMILES string of the molecule is CN(C)c1ccc(C(CC2CCS(=O)(=O)C2)NN)cn1. The zero-order valence-corrected chi connectivity index (χ0v) is 12.7. The minimum absolute atomic E-state index is 0.0583. The molecule has 20 heavy (non-hydrogen) atoms. The quantitative estimate of drug-likeness (QED) is 0.607. The van der Waals surface area contributed by atoms with Crippen LogP contribution in [0.2, 0.25) is 0 Å². The topological polar surface area (TPSA) is 88.3 Å². The number of nitrogens with two attached hydrogens (primary N) is 1. The Hall–Kier alpha value is -1.18. The fraction of sp³-hybridized carbons (Fsp3) is 0.615. The lowest BCUT2D eigenvalue weighted by Crippen LogP contribution is -2.30. The van der Waals surface area contributed by atoms with Crippen LogP contribution in [0.3, 0.4) is 0 Å². The molecule has 0 aliphatic carbocycles. The van der Waals surface area contributed by atoms with Gasteiger partial charge < -0.3 is 4.90 Å².